The molecular weight excluding hydrogens is 381 g/mol. The fraction of sp³-hybridized carbons (Fsp3) is 0.167. The highest BCUT2D eigenvalue weighted by Crippen LogP contribution is 2.25. The second-order valence-electron chi connectivity index (χ2n) is 7.12. The summed E-state index contributed by atoms with van der Waals surface area (Å²) in [5.74, 6) is -0.798. The SMILES string of the molecule is Cc1cccc(-n2ncc3cc(F)c(NC(=O)CCOCc4ccccc4)cc32)c1. The molecule has 0 atom stereocenters. The highest BCUT2D eigenvalue weighted by Gasteiger charge is 2.13. The number of anilines is 1. The molecule has 5 nitrogen and oxygen atoms in total. The van der Waals surface area contributed by atoms with Crippen LogP contribution in [0.4, 0.5) is 10.1 Å². The summed E-state index contributed by atoms with van der Waals surface area (Å²) in [5, 5.41) is 7.69. The lowest BCUT2D eigenvalue weighted by atomic mass is 10.2. The van der Waals surface area contributed by atoms with Crippen LogP contribution < -0.4 is 5.32 Å². The fourth-order valence-electron chi connectivity index (χ4n) is 3.25. The number of fused-ring (bicyclic) bond motifs is 1. The molecule has 1 N–H and O–H groups in total. The smallest absolute Gasteiger partial charge is 0.226 e. The van der Waals surface area contributed by atoms with Crippen LogP contribution in [0.5, 0.6) is 0 Å². The summed E-state index contributed by atoms with van der Waals surface area (Å²) in [6.45, 7) is 2.69. The summed E-state index contributed by atoms with van der Waals surface area (Å²) in [4.78, 5) is 12.3. The summed E-state index contributed by atoms with van der Waals surface area (Å²) in [6, 6.07) is 20.6. The lowest BCUT2D eigenvalue weighted by Gasteiger charge is -2.09. The largest absolute Gasteiger partial charge is 0.376 e. The van der Waals surface area contributed by atoms with Crippen molar-refractivity contribution in [3.05, 3.63) is 89.9 Å². The topological polar surface area (TPSA) is 56.2 Å². The first kappa shape index (κ1) is 19.8. The summed E-state index contributed by atoms with van der Waals surface area (Å²) in [5.41, 5.74) is 3.87. The number of nitrogens with zero attached hydrogens (tertiary/aromatic N) is 2. The van der Waals surface area contributed by atoms with Crippen molar-refractivity contribution in [3.8, 4) is 5.69 Å². The van der Waals surface area contributed by atoms with Gasteiger partial charge in [0.05, 0.1) is 42.7 Å². The number of amides is 1. The molecule has 6 heteroatoms. The van der Waals surface area contributed by atoms with Gasteiger partial charge in [0, 0.05) is 5.39 Å². The van der Waals surface area contributed by atoms with Crippen molar-refractivity contribution in [1.29, 1.82) is 0 Å². The minimum Gasteiger partial charge on any atom is -0.376 e. The Hall–Kier alpha value is -3.51. The number of hydrogen-bond acceptors (Lipinski definition) is 3. The van der Waals surface area contributed by atoms with Crippen LogP contribution in [0.3, 0.4) is 0 Å². The average Bonchev–Trinajstić information content (AvgIpc) is 3.15. The van der Waals surface area contributed by atoms with Gasteiger partial charge in [-0.3, -0.25) is 4.79 Å². The normalized spacial score (nSPS) is 11.0. The van der Waals surface area contributed by atoms with Crippen LogP contribution in [-0.4, -0.2) is 22.3 Å². The summed E-state index contributed by atoms with van der Waals surface area (Å²) >= 11 is 0. The maximum Gasteiger partial charge on any atom is 0.226 e. The van der Waals surface area contributed by atoms with Gasteiger partial charge >= 0.3 is 0 Å². The molecule has 0 spiro atoms. The summed E-state index contributed by atoms with van der Waals surface area (Å²) in [7, 11) is 0. The maximum atomic E-state index is 14.5. The Bertz CT molecular complexity index is 1170. The lowest BCUT2D eigenvalue weighted by molar-refractivity contribution is -0.117. The molecule has 1 heterocycles. The van der Waals surface area contributed by atoms with E-state index in [4.69, 9.17) is 4.74 Å². The Morgan fingerprint density at radius 2 is 1.93 bits per heavy atom. The van der Waals surface area contributed by atoms with E-state index in [2.05, 4.69) is 10.4 Å². The molecule has 0 saturated heterocycles. The van der Waals surface area contributed by atoms with E-state index in [1.54, 1.807) is 16.9 Å². The minimum absolute atomic E-state index is 0.130. The van der Waals surface area contributed by atoms with Crippen LogP contribution in [-0.2, 0) is 16.1 Å². The van der Waals surface area contributed by atoms with E-state index in [9.17, 15) is 9.18 Å². The zero-order valence-corrected chi connectivity index (χ0v) is 16.6. The van der Waals surface area contributed by atoms with Gasteiger partial charge in [-0.15, -0.1) is 0 Å². The quantitative estimate of drug-likeness (QED) is 0.441. The number of rotatable bonds is 7. The second-order valence-corrected chi connectivity index (χ2v) is 7.12. The van der Waals surface area contributed by atoms with Gasteiger partial charge in [0.15, 0.2) is 0 Å². The van der Waals surface area contributed by atoms with Crippen LogP contribution >= 0.6 is 0 Å². The first-order valence-electron chi connectivity index (χ1n) is 9.76. The predicted molar refractivity (Wildman–Crippen MR) is 115 cm³/mol. The third kappa shape index (κ3) is 4.55. The van der Waals surface area contributed by atoms with Gasteiger partial charge in [-0.2, -0.15) is 5.10 Å². The molecule has 0 aliphatic carbocycles. The average molecular weight is 403 g/mol. The highest BCUT2D eigenvalue weighted by molar-refractivity contribution is 5.94. The molecule has 0 radical (unpaired) electrons. The van der Waals surface area contributed by atoms with Gasteiger partial charge in [0.25, 0.3) is 0 Å². The van der Waals surface area contributed by atoms with Crippen molar-refractivity contribution in [2.45, 2.75) is 20.0 Å². The number of nitrogens with one attached hydrogen (secondary N) is 1. The van der Waals surface area contributed by atoms with Crippen molar-refractivity contribution in [3.63, 3.8) is 0 Å². The number of carbonyl (C=O) groups is 1. The molecular formula is C24H22FN3O2. The first-order chi connectivity index (χ1) is 14.6. The Kier molecular flexibility index (Phi) is 5.86. The molecule has 0 unspecified atom stereocenters. The van der Waals surface area contributed by atoms with Crippen molar-refractivity contribution in [1.82, 2.24) is 9.78 Å². The van der Waals surface area contributed by atoms with Gasteiger partial charge in [-0.05, 0) is 42.3 Å². The van der Waals surface area contributed by atoms with Crippen LogP contribution in [0.1, 0.15) is 17.5 Å². The number of aryl methyl sites for hydroxylation is 1. The molecule has 30 heavy (non-hydrogen) atoms. The third-order valence-electron chi connectivity index (χ3n) is 4.76. The van der Waals surface area contributed by atoms with Crippen molar-refractivity contribution in [2.75, 3.05) is 11.9 Å². The Labute approximate surface area is 174 Å². The lowest BCUT2D eigenvalue weighted by Crippen LogP contribution is -2.15. The van der Waals surface area contributed by atoms with E-state index in [1.807, 2.05) is 61.5 Å². The zero-order chi connectivity index (χ0) is 20.9. The molecule has 0 fully saturated rings. The molecule has 4 aromatic rings. The Morgan fingerprint density at radius 1 is 1.10 bits per heavy atom. The van der Waals surface area contributed by atoms with Crippen molar-refractivity contribution < 1.29 is 13.9 Å². The van der Waals surface area contributed by atoms with Gasteiger partial charge in [-0.1, -0.05) is 42.5 Å². The highest BCUT2D eigenvalue weighted by atomic mass is 19.1. The standard InChI is InChI=1S/C24H22FN3O2/c1-17-6-5-9-20(12-17)28-23-14-22(21(25)13-19(23)15-26-28)27-24(29)10-11-30-16-18-7-3-2-4-8-18/h2-9,12-15H,10-11,16H2,1H3,(H,27,29). The summed E-state index contributed by atoms with van der Waals surface area (Å²) in [6.07, 6.45) is 1.76. The minimum atomic E-state index is -0.496. The van der Waals surface area contributed by atoms with E-state index in [0.717, 1.165) is 22.3 Å². The number of hydrogen-bond donors (Lipinski definition) is 1. The molecule has 152 valence electrons. The Balaban J connectivity index is 1.44. The maximum absolute atomic E-state index is 14.5. The molecule has 0 bridgehead atoms. The van der Waals surface area contributed by atoms with E-state index < -0.39 is 5.82 Å². The summed E-state index contributed by atoms with van der Waals surface area (Å²) < 4.78 is 21.8. The monoisotopic (exact) mass is 403 g/mol. The van der Waals surface area contributed by atoms with Gasteiger partial charge < -0.3 is 10.1 Å². The van der Waals surface area contributed by atoms with Crippen LogP contribution in [0.15, 0.2) is 72.9 Å². The first-order valence-corrected chi connectivity index (χ1v) is 9.76. The molecule has 4 rings (SSSR count). The van der Waals surface area contributed by atoms with Crippen LogP contribution in [0, 0.1) is 12.7 Å². The second kappa shape index (κ2) is 8.88. The van der Waals surface area contributed by atoms with Gasteiger partial charge in [-0.25, -0.2) is 9.07 Å². The van der Waals surface area contributed by atoms with E-state index in [-0.39, 0.29) is 24.6 Å². The van der Waals surface area contributed by atoms with Crippen LogP contribution in [0.25, 0.3) is 16.6 Å². The molecule has 1 amide bonds. The van der Waals surface area contributed by atoms with E-state index >= 15 is 0 Å². The molecule has 0 aliphatic rings. The van der Waals surface area contributed by atoms with E-state index in [0.29, 0.717) is 12.0 Å². The molecule has 0 aliphatic heterocycles. The number of ether oxygens (including phenoxy) is 1. The number of benzene rings is 3. The van der Waals surface area contributed by atoms with E-state index in [1.165, 1.54) is 6.07 Å². The number of halogens is 1. The van der Waals surface area contributed by atoms with Crippen LogP contribution in [0.2, 0.25) is 0 Å². The predicted octanol–water partition coefficient (Wildman–Crippen LogP) is 5.02. The number of aromatic nitrogens is 2. The molecule has 1 aromatic heterocycles. The molecule has 0 saturated carbocycles. The number of carbonyl (C=O) groups excluding carboxylic acids is 1. The molecule has 3 aromatic carbocycles. The zero-order valence-electron chi connectivity index (χ0n) is 16.6. The van der Waals surface area contributed by atoms with Crippen molar-refractivity contribution >= 4 is 22.5 Å². The van der Waals surface area contributed by atoms with Gasteiger partial charge in [0.2, 0.25) is 5.91 Å². The third-order valence-corrected chi connectivity index (χ3v) is 4.76. The Morgan fingerprint density at radius 3 is 2.73 bits per heavy atom. The van der Waals surface area contributed by atoms with Gasteiger partial charge in [0.1, 0.15) is 5.82 Å². The fourth-order valence-corrected chi connectivity index (χ4v) is 3.25. The van der Waals surface area contributed by atoms with Crippen molar-refractivity contribution in [2.24, 2.45) is 0 Å².